The number of hydrogen-bond acceptors (Lipinski definition) is 5. The monoisotopic (exact) mass is 409 g/mol. The van der Waals surface area contributed by atoms with Crippen LogP contribution in [0.1, 0.15) is 37.0 Å². The molecule has 0 aliphatic rings. The first-order valence-electron chi connectivity index (χ1n) is 9.81. The predicted molar refractivity (Wildman–Crippen MR) is 116 cm³/mol. The molecule has 3 rings (SSSR count). The number of hydrogen-bond donors (Lipinski definition) is 1. The van der Waals surface area contributed by atoms with E-state index in [0.717, 1.165) is 29.7 Å². The quantitative estimate of drug-likeness (QED) is 0.571. The fourth-order valence-corrected chi connectivity index (χ4v) is 4.01. The molecule has 0 spiro atoms. The van der Waals surface area contributed by atoms with Crippen molar-refractivity contribution in [3.63, 3.8) is 0 Å². The van der Waals surface area contributed by atoms with E-state index >= 15 is 0 Å². The molecule has 0 saturated carbocycles. The number of carbonyl (C=O) groups excluding carboxylic acids is 1. The average molecular weight is 410 g/mol. The van der Waals surface area contributed by atoms with E-state index in [-0.39, 0.29) is 17.2 Å². The predicted octanol–water partition coefficient (Wildman–Crippen LogP) is 3.90. The minimum Gasteiger partial charge on any atom is -0.353 e. The van der Waals surface area contributed by atoms with Crippen molar-refractivity contribution in [2.75, 3.05) is 0 Å². The lowest BCUT2D eigenvalue weighted by molar-refractivity contribution is -0.120. The molecule has 0 unspecified atom stereocenters. The van der Waals surface area contributed by atoms with E-state index < -0.39 is 0 Å². The number of amides is 1. The second-order valence-electron chi connectivity index (χ2n) is 7.31. The van der Waals surface area contributed by atoms with Crippen molar-refractivity contribution < 1.29 is 4.79 Å². The number of aryl methyl sites for hydroxylation is 3. The van der Waals surface area contributed by atoms with E-state index in [1.54, 1.807) is 4.68 Å². The van der Waals surface area contributed by atoms with Crippen molar-refractivity contribution in [1.29, 1.82) is 0 Å². The van der Waals surface area contributed by atoms with Gasteiger partial charge in [-0.1, -0.05) is 60.3 Å². The number of benzene rings is 2. The summed E-state index contributed by atoms with van der Waals surface area (Å²) in [6, 6.07) is 16.5. The first-order valence-corrected chi connectivity index (χ1v) is 10.7. The van der Waals surface area contributed by atoms with Gasteiger partial charge in [0.05, 0.1) is 10.9 Å². The maximum absolute atomic E-state index is 12.7. The van der Waals surface area contributed by atoms with E-state index in [0.29, 0.717) is 5.16 Å². The van der Waals surface area contributed by atoms with E-state index in [4.69, 9.17) is 0 Å². The lowest BCUT2D eigenvalue weighted by Crippen LogP contribution is -2.38. The van der Waals surface area contributed by atoms with E-state index in [2.05, 4.69) is 33.0 Å². The van der Waals surface area contributed by atoms with Gasteiger partial charge in [-0.15, -0.1) is 5.10 Å². The third kappa shape index (κ3) is 5.44. The van der Waals surface area contributed by atoms with Crippen molar-refractivity contribution in [3.05, 3.63) is 65.2 Å². The summed E-state index contributed by atoms with van der Waals surface area (Å²) >= 11 is 1.37. The SMILES string of the molecule is Cc1cccc(C)c1-n1nnnc1S[C@H](C)C(=O)N[C@H](C)CCc1ccccc1. The fraction of sp³-hybridized carbons (Fsp3) is 0.364. The number of nitrogens with zero attached hydrogens (tertiary/aromatic N) is 4. The first-order chi connectivity index (χ1) is 14.0. The Kier molecular flexibility index (Phi) is 7.04. The summed E-state index contributed by atoms with van der Waals surface area (Å²) in [4.78, 5) is 12.7. The molecule has 1 aromatic heterocycles. The topological polar surface area (TPSA) is 72.7 Å². The molecule has 1 amide bonds. The molecule has 0 bridgehead atoms. The Labute approximate surface area is 176 Å². The Morgan fingerprint density at radius 1 is 1.07 bits per heavy atom. The molecule has 0 aliphatic carbocycles. The van der Waals surface area contributed by atoms with Gasteiger partial charge in [-0.25, -0.2) is 0 Å². The smallest absolute Gasteiger partial charge is 0.233 e. The first kappa shape index (κ1) is 21.0. The second kappa shape index (κ2) is 9.69. The Bertz CT molecular complexity index is 937. The van der Waals surface area contributed by atoms with Crippen molar-refractivity contribution in [2.45, 2.75) is 57.0 Å². The molecule has 6 nitrogen and oxygen atoms in total. The molecule has 0 aliphatic heterocycles. The van der Waals surface area contributed by atoms with Crippen LogP contribution in [-0.4, -0.2) is 37.4 Å². The van der Waals surface area contributed by atoms with Gasteiger partial charge in [0, 0.05) is 6.04 Å². The number of carbonyl (C=O) groups is 1. The Hall–Kier alpha value is -2.67. The number of para-hydroxylation sites is 1. The molecule has 2 atom stereocenters. The van der Waals surface area contributed by atoms with Crippen LogP contribution in [0.25, 0.3) is 5.69 Å². The van der Waals surface area contributed by atoms with Crippen molar-refractivity contribution in [2.24, 2.45) is 0 Å². The summed E-state index contributed by atoms with van der Waals surface area (Å²) < 4.78 is 1.72. The van der Waals surface area contributed by atoms with Gasteiger partial charge in [0.2, 0.25) is 11.1 Å². The number of thioether (sulfide) groups is 1. The Morgan fingerprint density at radius 3 is 2.45 bits per heavy atom. The molecule has 152 valence electrons. The van der Waals surface area contributed by atoms with Crippen LogP contribution in [0.15, 0.2) is 53.7 Å². The van der Waals surface area contributed by atoms with E-state index in [1.165, 1.54) is 17.3 Å². The van der Waals surface area contributed by atoms with Crippen LogP contribution >= 0.6 is 11.8 Å². The van der Waals surface area contributed by atoms with Gasteiger partial charge in [-0.3, -0.25) is 4.79 Å². The maximum atomic E-state index is 12.7. The number of rotatable bonds is 8. The molecule has 0 radical (unpaired) electrons. The minimum absolute atomic E-state index is 0.00776. The van der Waals surface area contributed by atoms with Crippen molar-refractivity contribution in [3.8, 4) is 5.69 Å². The minimum atomic E-state index is -0.303. The molecular weight excluding hydrogens is 382 g/mol. The van der Waals surface area contributed by atoms with Crippen molar-refractivity contribution >= 4 is 17.7 Å². The zero-order valence-corrected chi connectivity index (χ0v) is 18.1. The molecular formula is C22H27N5OS. The van der Waals surface area contributed by atoms with Gasteiger partial charge in [0.25, 0.3) is 0 Å². The van der Waals surface area contributed by atoms with Crippen LogP contribution in [0.4, 0.5) is 0 Å². The highest BCUT2D eigenvalue weighted by Gasteiger charge is 2.21. The maximum Gasteiger partial charge on any atom is 0.233 e. The standard InChI is InChI=1S/C22H27N5OS/c1-15-9-8-10-16(2)20(15)27-22(24-25-26-27)29-18(4)21(28)23-17(3)13-14-19-11-6-5-7-12-19/h5-12,17-18H,13-14H2,1-4H3,(H,23,28)/t17-,18-/m1/s1. The summed E-state index contributed by atoms with van der Waals surface area (Å²) in [6.07, 6.45) is 1.84. The Balaban J connectivity index is 1.60. The highest BCUT2D eigenvalue weighted by molar-refractivity contribution is 8.00. The summed E-state index contributed by atoms with van der Waals surface area (Å²) in [5.74, 6) is -0.00776. The van der Waals surface area contributed by atoms with Gasteiger partial charge < -0.3 is 5.32 Å². The number of tetrazole rings is 1. The van der Waals surface area contributed by atoms with E-state index in [1.807, 2.05) is 64.1 Å². The third-order valence-corrected chi connectivity index (χ3v) is 5.87. The highest BCUT2D eigenvalue weighted by Crippen LogP contribution is 2.26. The van der Waals surface area contributed by atoms with Crippen LogP contribution in [0.2, 0.25) is 0 Å². The zero-order chi connectivity index (χ0) is 20.8. The van der Waals surface area contributed by atoms with Gasteiger partial charge >= 0.3 is 0 Å². The number of nitrogens with one attached hydrogen (secondary N) is 1. The van der Waals surface area contributed by atoms with Crippen LogP contribution in [0, 0.1) is 13.8 Å². The van der Waals surface area contributed by atoms with Crippen LogP contribution in [0.5, 0.6) is 0 Å². The summed E-state index contributed by atoms with van der Waals surface area (Å²) in [5, 5.41) is 15.5. The molecule has 29 heavy (non-hydrogen) atoms. The molecule has 2 aromatic carbocycles. The fourth-order valence-electron chi connectivity index (χ4n) is 3.20. The summed E-state index contributed by atoms with van der Waals surface area (Å²) in [5.41, 5.74) is 4.42. The molecule has 1 N–H and O–H groups in total. The normalized spacial score (nSPS) is 13.1. The molecule has 0 saturated heterocycles. The second-order valence-corrected chi connectivity index (χ2v) is 8.62. The lowest BCUT2D eigenvalue weighted by Gasteiger charge is -2.17. The van der Waals surface area contributed by atoms with Crippen LogP contribution < -0.4 is 5.32 Å². The largest absolute Gasteiger partial charge is 0.353 e. The molecule has 1 heterocycles. The average Bonchev–Trinajstić information content (AvgIpc) is 3.14. The van der Waals surface area contributed by atoms with Gasteiger partial charge in [-0.2, -0.15) is 4.68 Å². The summed E-state index contributed by atoms with van der Waals surface area (Å²) in [7, 11) is 0. The molecule has 7 heteroatoms. The zero-order valence-electron chi connectivity index (χ0n) is 17.3. The van der Waals surface area contributed by atoms with Gasteiger partial charge in [-0.05, 0) is 67.7 Å². The molecule has 0 fully saturated rings. The lowest BCUT2D eigenvalue weighted by atomic mass is 10.1. The summed E-state index contributed by atoms with van der Waals surface area (Å²) in [6.45, 7) is 7.98. The highest BCUT2D eigenvalue weighted by atomic mass is 32.2. The van der Waals surface area contributed by atoms with Crippen LogP contribution in [-0.2, 0) is 11.2 Å². The van der Waals surface area contributed by atoms with Gasteiger partial charge in [0.15, 0.2) is 0 Å². The van der Waals surface area contributed by atoms with E-state index in [9.17, 15) is 4.79 Å². The van der Waals surface area contributed by atoms with Crippen LogP contribution in [0.3, 0.4) is 0 Å². The number of aromatic nitrogens is 4. The molecule has 3 aromatic rings. The van der Waals surface area contributed by atoms with Gasteiger partial charge in [0.1, 0.15) is 0 Å². The third-order valence-electron chi connectivity index (χ3n) is 4.84. The Morgan fingerprint density at radius 2 is 1.76 bits per heavy atom. The van der Waals surface area contributed by atoms with Crippen molar-refractivity contribution in [1.82, 2.24) is 25.5 Å².